The minimum atomic E-state index is 0.0477. The third-order valence-corrected chi connectivity index (χ3v) is 2.33. The zero-order chi connectivity index (χ0) is 8.97. The van der Waals surface area contributed by atoms with Crippen molar-refractivity contribution in [3.63, 3.8) is 0 Å². The van der Waals surface area contributed by atoms with E-state index in [1.54, 1.807) is 0 Å². The molecule has 3 heteroatoms. The number of rotatable bonds is 4. The number of nitrogens with one attached hydrogen (secondary N) is 1. The third kappa shape index (κ3) is 2.57. The van der Waals surface area contributed by atoms with Gasteiger partial charge in [0.15, 0.2) is 0 Å². The fourth-order valence-corrected chi connectivity index (χ4v) is 1.53. The first-order valence-corrected chi connectivity index (χ1v) is 4.75. The molecule has 1 aliphatic heterocycles. The van der Waals surface area contributed by atoms with Crippen LogP contribution in [0.4, 0.5) is 0 Å². The van der Waals surface area contributed by atoms with Gasteiger partial charge in [0.1, 0.15) is 5.78 Å². The molecule has 12 heavy (non-hydrogen) atoms. The van der Waals surface area contributed by atoms with Crippen molar-refractivity contribution in [2.45, 2.75) is 44.7 Å². The van der Waals surface area contributed by atoms with Crippen molar-refractivity contribution in [1.29, 1.82) is 0 Å². The number of ketones is 1. The summed E-state index contributed by atoms with van der Waals surface area (Å²) in [4.78, 5) is 11.4. The largest absolute Gasteiger partial charge is 0.326 e. The highest BCUT2D eigenvalue weighted by Crippen LogP contribution is 2.09. The maximum absolute atomic E-state index is 11.4. The fraction of sp³-hybridized carbons (Fsp3) is 0.889. The Morgan fingerprint density at radius 3 is 2.92 bits per heavy atom. The van der Waals surface area contributed by atoms with Gasteiger partial charge in [0, 0.05) is 19.0 Å². The third-order valence-electron chi connectivity index (χ3n) is 2.33. The van der Waals surface area contributed by atoms with Crippen LogP contribution in [0.1, 0.15) is 32.6 Å². The number of nitrogens with two attached hydrogens (primary N) is 1. The molecule has 0 saturated carbocycles. The summed E-state index contributed by atoms with van der Waals surface area (Å²) in [6, 6.07) is 0.229. The lowest BCUT2D eigenvalue weighted by molar-refractivity contribution is -0.120. The van der Waals surface area contributed by atoms with Crippen LogP contribution < -0.4 is 11.1 Å². The van der Waals surface area contributed by atoms with Crippen LogP contribution in [0.5, 0.6) is 0 Å². The molecular weight excluding hydrogens is 152 g/mol. The smallest absolute Gasteiger partial charge is 0.149 e. The second-order valence-corrected chi connectivity index (χ2v) is 3.53. The topological polar surface area (TPSA) is 55.1 Å². The highest BCUT2D eigenvalue weighted by Gasteiger charge is 2.25. The Balaban J connectivity index is 2.23. The van der Waals surface area contributed by atoms with Crippen LogP contribution >= 0.6 is 0 Å². The molecule has 0 amide bonds. The average Bonchev–Trinajstić information content (AvgIpc) is 2.47. The van der Waals surface area contributed by atoms with Crippen molar-refractivity contribution in [3.8, 4) is 0 Å². The molecule has 1 saturated heterocycles. The standard InChI is InChI=1S/C9H18N2O/c1-2-3-4-9(12)8-5-7(10)6-11-8/h7-8,11H,2-6,10H2,1H3/t7-,8?/m0/s1. The minimum Gasteiger partial charge on any atom is -0.326 e. The van der Waals surface area contributed by atoms with Crippen molar-refractivity contribution in [2.24, 2.45) is 5.73 Å². The molecule has 1 aliphatic rings. The SMILES string of the molecule is CCCCC(=O)C1C[C@H](N)CN1. The zero-order valence-electron chi connectivity index (χ0n) is 7.68. The van der Waals surface area contributed by atoms with Gasteiger partial charge in [-0.25, -0.2) is 0 Å². The minimum absolute atomic E-state index is 0.0477. The highest BCUT2D eigenvalue weighted by atomic mass is 16.1. The summed E-state index contributed by atoms with van der Waals surface area (Å²) in [5.41, 5.74) is 5.68. The van der Waals surface area contributed by atoms with Crippen LogP contribution in [0.15, 0.2) is 0 Å². The van der Waals surface area contributed by atoms with Crippen LogP contribution in [-0.2, 0) is 4.79 Å². The van der Waals surface area contributed by atoms with Crippen LogP contribution in [0.2, 0.25) is 0 Å². The van der Waals surface area contributed by atoms with E-state index in [4.69, 9.17) is 5.73 Å². The van der Waals surface area contributed by atoms with Crippen molar-refractivity contribution in [2.75, 3.05) is 6.54 Å². The van der Waals surface area contributed by atoms with Gasteiger partial charge >= 0.3 is 0 Å². The summed E-state index contributed by atoms with van der Waals surface area (Å²) in [7, 11) is 0. The molecule has 0 aromatic heterocycles. The van der Waals surface area contributed by atoms with E-state index in [2.05, 4.69) is 12.2 Å². The molecule has 0 aliphatic carbocycles. The molecule has 0 bridgehead atoms. The summed E-state index contributed by atoms with van der Waals surface area (Å²) < 4.78 is 0. The van der Waals surface area contributed by atoms with Crippen LogP contribution in [0, 0.1) is 0 Å². The Bertz CT molecular complexity index is 159. The van der Waals surface area contributed by atoms with Crippen LogP contribution in [0.25, 0.3) is 0 Å². The molecule has 1 unspecified atom stereocenters. The normalized spacial score (nSPS) is 29.2. The van der Waals surface area contributed by atoms with Gasteiger partial charge < -0.3 is 11.1 Å². The highest BCUT2D eigenvalue weighted by molar-refractivity contribution is 5.84. The predicted octanol–water partition coefficient (Wildman–Crippen LogP) is 0.435. The summed E-state index contributed by atoms with van der Waals surface area (Å²) in [6.07, 6.45) is 3.63. The Hall–Kier alpha value is -0.410. The van der Waals surface area contributed by atoms with Gasteiger partial charge in [-0.1, -0.05) is 13.3 Å². The fourth-order valence-electron chi connectivity index (χ4n) is 1.53. The van der Waals surface area contributed by atoms with Gasteiger partial charge in [-0.3, -0.25) is 4.79 Å². The summed E-state index contributed by atoms with van der Waals surface area (Å²) in [6.45, 7) is 2.89. The first kappa shape index (κ1) is 9.68. The summed E-state index contributed by atoms with van der Waals surface area (Å²) in [5.74, 6) is 0.338. The molecule has 2 atom stereocenters. The number of hydrogen-bond acceptors (Lipinski definition) is 3. The van der Waals surface area contributed by atoms with E-state index in [1.165, 1.54) is 0 Å². The summed E-state index contributed by atoms with van der Waals surface area (Å²) in [5, 5.41) is 3.14. The lowest BCUT2D eigenvalue weighted by Crippen LogP contribution is -2.30. The monoisotopic (exact) mass is 170 g/mol. The van der Waals surface area contributed by atoms with Gasteiger partial charge in [0.2, 0.25) is 0 Å². The molecule has 3 nitrogen and oxygen atoms in total. The Morgan fingerprint density at radius 1 is 1.67 bits per heavy atom. The number of carbonyl (C=O) groups excluding carboxylic acids is 1. The Labute approximate surface area is 73.7 Å². The average molecular weight is 170 g/mol. The van der Waals surface area contributed by atoms with E-state index in [0.717, 1.165) is 25.8 Å². The van der Waals surface area contributed by atoms with E-state index in [0.29, 0.717) is 12.2 Å². The second-order valence-electron chi connectivity index (χ2n) is 3.53. The van der Waals surface area contributed by atoms with Gasteiger partial charge in [-0.2, -0.15) is 0 Å². The van der Waals surface area contributed by atoms with Gasteiger partial charge in [-0.05, 0) is 12.8 Å². The molecule has 0 radical (unpaired) electrons. The molecular formula is C9H18N2O. The molecule has 1 heterocycles. The van der Waals surface area contributed by atoms with Gasteiger partial charge in [0.05, 0.1) is 6.04 Å². The van der Waals surface area contributed by atoms with E-state index in [1.807, 2.05) is 0 Å². The van der Waals surface area contributed by atoms with Crippen molar-refractivity contribution >= 4 is 5.78 Å². The maximum atomic E-state index is 11.4. The van der Waals surface area contributed by atoms with Crippen molar-refractivity contribution in [1.82, 2.24) is 5.32 Å². The summed E-state index contributed by atoms with van der Waals surface area (Å²) >= 11 is 0. The second kappa shape index (κ2) is 4.58. The van der Waals surface area contributed by atoms with Crippen molar-refractivity contribution < 1.29 is 4.79 Å². The molecule has 70 valence electrons. The van der Waals surface area contributed by atoms with E-state index in [-0.39, 0.29) is 12.1 Å². The quantitative estimate of drug-likeness (QED) is 0.643. The number of hydrogen-bond donors (Lipinski definition) is 2. The number of carbonyl (C=O) groups is 1. The van der Waals surface area contributed by atoms with Gasteiger partial charge in [0.25, 0.3) is 0 Å². The molecule has 0 aromatic carbocycles. The number of unbranched alkanes of at least 4 members (excludes halogenated alkanes) is 1. The molecule has 1 rings (SSSR count). The first-order valence-electron chi connectivity index (χ1n) is 4.75. The van der Waals surface area contributed by atoms with Gasteiger partial charge in [-0.15, -0.1) is 0 Å². The first-order chi connectivity index (χ1) is 5.74. The Morgan fingerprint density at radius 2 is 2.42 bits per heavy atom. The molecule has 0 aromatic rings. The molecule has 3 N–H and O–H groups in total. The predicted molar refractivity (Wildman–Crippen MR) is 48.9 cm³/mol. The van der Waals surface area contributed by atoms with E-state index >= 15 is 0 Å². The lowest BCUT2D eigenvalue weighted by atomic mass is 10.0. The number of Topliss-reactive ketones (excluding diaryl/α,β-unsaturated/α-hetero) is 1. The van der Waals surface area contributed by atoms with E-state index in [9.17, 15) is 4.79 Å². The molecule has 1 fully saturated rings. The molecule has 0 spiro atoms. The Kier molecular flexibility index (Phi) is 3.69. The zero-order valence-corrected chi connectivity index (χ0v) is 7.68. The van der Waals surface area contributed by atoms with Crippen molar-refractivity contribution in [3.05, 3.63) is 0 Å². The van der Waals surface area contributed by atoms with Crippen LogP contribution in [-0.4, -0.2) is 24.4 Å². The lowest BCUT2D eigenvalue weighted by Gasteiger charge is -2.07. The maximum Gasteiger partial charge on any atom is 0.149 e. The van der Waals surface area contributed by atoms with Crippen LogP contribution in [0.3, 0.4) is 0 Å². The van der Waals surface area contributed by atoms with E-state index < -0.39 is 0 Å².